The van der Waals surface area contributed by atoms with Crippen molar-refractivity contribution in [3.8, 4) is 0 Å². The van der Waals surface area contributed by atoms with Crippen molar-refractivity contribution in [2.45, 2.75) is 63.8 Å². The van der Waals surface area contributed by atoms with Gasteiger partial charge in [0.15, 0.2) is 12.1 Å². The third kappa shape index (κ3) is 14.9. The third-order valence-electron chi connectivity index (χ3n) is 6.13. The fourth-order valence-electron chi connectivity index (χ4n) is 3.77. The number of carboxylic acids is 1. The Labute approximate surface area is 266 Å². The van der Waals surface area contributed by atoms with Crippen LogP contribution in [0.5, 0.6) is 0 Å². The van der Waals surface area contributed by atoms with Gasteiger partial charge in [0.1, 0.15) is 6.29 Å². The van der Waals surface area contributed by atoms with E-state index in [-0.39, 0.29) is 67.6 Å². The fraction of sp³-hybridized carbons (Fsp3) is 0.520. The van der Waals surface area contributed by atoms with Gasteiger partial charge >= 0.3 is 5.97 Å². The van der Waals surface area contributed by atoms with Crippen molar-refractivity contribution in [1.82, 2.24) is 16.0 Å². The van der Waals surface area contributed by atoms with Crippen molar-refractivity contribution in [2.75, 3.05) is 18.4 Å². The van der Waals surface area contributed by atoms with Crippen LogP contribution in [-0.4, -0.2) is 83.3 Å². The number of aliphatic carboxylic acids is 1. The van der Waals surface area contributed by atoms with E-state index in [0.717, 1.165) is 0 Å². The number of ether oxygens (including phenoxy) is 1. The number of carbonyl (C=O) groups is 5. The fourth-order valence-corrected chi connectivity index (χ4v) is 3.77. The summed E-state index contributed by atoms with van der Waals surface area (Å²) in [4.78, 5) is 71.7. The molecule has 248 valence electrons. The lowest BCUT2D eigenvalue weighted by molar-refractivity contribution is -0.384. The molecule has 0 bridgehead atoms. The Morgan fingerprint density at radius 3 is 2.16 bits per heavy atom. The quantitative estimate of drug-likeness (QED) is 0.0319. The van der Waals surface area contributed by atoms with E-state index < -0.39 is 59.3 Å². The zero-order chi connectivity index (χ0) is 31.8. The summed E-state index contributed by atoms with van der Waals surface area (Å²) in [7, 11) is 0. The van der Waals surface area contributed by atoms with Crippen LogP contribution in [0.15, 0.2) is 24.3 Å². The Hall–Kier alpha value is -4.06. The maximum atomic E-state index is 13.0. The van der Waals surface area contributed by atoms with Gasteiger partial charge in [-0.2, -0.15) is 0 Å². The molecule has 10 N–H and O–H groups in total. The molecule has 0 aliphatic heterocycles. The van der Waals surface area contributed by atoms with E-state index in [1.165, 1.54) is 24.3 Å². The molecule has 0 fully saturated rings. The number of amides is 3. The van der Waals surface area contributed by atoms with Gasteiger partial charge in [0.2, 0.25) is 17.7 Å². The molecular formula is C25H40Cl2N8O9. The maximum Gasteiger partial charge on any atom is 0.332 e. The van der Waals surface area contributed by atoms with Crippen molar-refractivity contribution in [2.24, 2.45) is 17.4 Å². The summed E-state index contributed by atoms with van der Waals surface area (Å²) in [6, 6.07) is 2.24. The summed E-state index contributed by atoms with van der Waals surface area (Å²) in [5.41, 5.74) is 11.1. The lowest BCUT2D eigenvalue weighted by Gasteiger charge is -2.24. The van der Waals surface area contributed by atoms with Crippen molar-refractivity contribution < 1.29 is 38.7 Å². The van der Waals surface area contributed by atoms with Gasteiger partial charge < -0.3 is 47.4 Å². The Morgan fingerprint density at radius 1 is 1.09 bits per heavy atom. The van der Waals surface area contributed by atoms with Gasteiger partial charge in [-0.3, -0.25) is 29.9 Å². The summed E-state index contributed by atoms with van der Waals surface area (Å²) in [6.07, 6.45) is -0.608. The van der Waals surface area contributed by atoms with Crippen molar-refractivity contribution >= 4 is 72.1 Å². The highest BCUT2D eigenvalue weighted by Gasteiger charge is 2.31. The van der Waals surface area contributed by atoms with Crippen LogP contribution >= 0.6 is 24.8 Å². The molecular weight excluding hydrogens is 627 g/mol. The van der Waals surface area contributed by atoms with Crippen LogP contribution in [0.25, 0.3) is 0 Å². The van der Waals surface area contributed by atoms with Gasteiger partial charge in [-0.1, -0.05) is 13.8 Å². The molecule has 1 rings (SSSR count). The molecule has 19 heteroatoms. The van der Waals surface area contributed by atoms with Gasteiger partial charge in [-0.15, -0.1) is 24.8 Å². The van der Waals surface area contributed by atoms with Crippen molar-refractivity contribution in [3.05, 3.63) is 34.4 Å². The lowest BCUT2D eigenvalue weighted by Crippen LogP contribution is -2.51. The summed E-state index contributed by atoms with van der Waals surface area (Å²) in [5, 5.41) is 37.2. The number of nitro benzene ring substituents is 1. The number of carbonyl (C=O) groups excluding carboxylic acids is 4. The smallest absolute Gasteiger partial charge is 0.332 e. The molecule has 0 aliphatic rings. The zero-order valence-corrected chi connectivity index (χ0v) is 25.8. The van der Waals surface area contributed by atoms with E-state index in [2.05, 4.69) is 21.3 Å². The number of rotatable bonds is 19. The van der Waals surface area contributed by atoms with E-state index in [4.69, 9.17) is 21.6 Å². The average molecular weight is 668 g/mol. The second-order valence-electron chi connectivity index (χ2n) is 9.22. The highest BCUT2D eigenvalue weighted by Crippen LogP contribution is 2.18. The Morgan fingerprint density at radius 2 is 1.68 bits per heavy atom. The Kier molecular flexibility index (Phi) is 20.7. The predicted molar refractivity (Wildman–Crippen MR) is 165 cm³/mol. The van der Waals surface area contributed by atoms with Gasteiger partial charge in [0, 0.05) is 30.8 Å². The standard InChI is InChI=1S/C25H38N8O9.2ClH/c1-3-16(4-2)42-20(24(38)39)11-18(26)23(37)30-12-21(35)32-19(13-34)17(9-10-29-25(27)28)22(36)31-14-5-7-15(8-6-14)33(40)41;;/h5-8,13,16-20H,3-4,9-12,26H2,1-2H3,(H,30,37)(H,31,36)(H,32,35)(H,38,39)(H4,27,28,29);2*1H/t17?,18-,19+,20?;;/m0../s1. The first-order chi connectivity index (χ1) is 19.8. The minimum atomic E-state index is -1.38. The SMILES string of the molecule is CCC(CC)OC(C[C@H](N)C(=O)NCC(=O)N[C@H](C=O)C(CCNC(=N)N)C(=O)Nc1ccc([N+](=O)[O-])cc1)C(=O)O.Cl.Cl. The zero-order valence-electron chi connectivity index (χ0n) is 24.1. The number of nitrogens with two attached hydrogens (primary N) is 2. The Bertz CT molecular complexity index is 1120. The third-order valence-corrected chi connectivity index (χ3v) is 6.13. The average Bonchev–Trinajstić information content (AvgIpc) is 2.94. The molecule has 0 aliphatic carbocycles. The number of aldehydes is 1. The highest BCUT2D eigenvalue weighted by atomic mass is 35.5. The number of anilines is 1. The molecule has 0 saturated heterocycles. The minimum Gasteiger partial charge on any atom is -0.479 e. The van der Waals surface area contributed by atoms with Crippen LogP contribution in [-0.2, 0) is 28.7 Å². The van der Waals surface area contributed by atoms with Gasteiger partial charge in [0.25, 0.3) is 5.69 Å². The van der Waals surface area contributed by atoms with Gasteiger partial charge in [-0.05, 0) is 31.4 Å². The van der Waals surface area contributed by atoms with E-state index in [9.17, 15) is 39.2 Å². The van der Waals surface area contributed by atoms with E-state index in [1.54, 1.807) is 0 Å². The molecule has 2 unspecified atom stereocenters. The molecule has 1 aromatic rings. The van der Waals surface area contributed by atoms with Gasteiger partial charge in [0.05, 0.1) is 35.6 Å². The number of guanidine groups is 1. The molecule has 1 aromatic carbocycles. The van der Waals surface area contributed by atoms with Crippen LogP contribution in [0.4, 0.5) is 11.4 Å². The normalized spacial score (nSPS) is 13.0. The molecule has 0 heterocycles. The molecule has 0 aromatic heterocycles. The number of hydrogen-bond donors (Lipinski definition) is 8. The molecule has 17 nitrogen and oxygen atoms in total. The largest absolute Gasteiger partial charge is 0.479 e. The van der Waals surface area contributed by atoms with Crippen LogP contribution in [0, 0.1) is 21.4 Å². The number of halogens is 2. The number of nitrogens with one attached hydrogen (secondary N) is 5. The summed E-state index contributed by atoms with van der Waals surface area (Å²) < 4.78 is 5.51. The number of hydrogen-bond acceptors (Lipinski definition) is 10. The monoisotopic (exact) mass is 666 g/mol. The minimum absolute atomic E-state index is 0. The second kappa shape index (κ2) is 21.6. The first-order valence-corrected chi connectivity index (χ1v) is 13.1. The summed E-state index contributed by atoms with van der Waals surface area (Å²) in [6.45, 7) is 3.01. The molecule has 3 amide bonds. The number of carboxylic acid groups (broad SMARTS) is 1. The maximum absolute atomic E-state index is 13.0. The predicted octanol–water partition coefficient (Wildman–Crippen LogP) is 0.0420. The van der Waals surface area contributed by atoms with Crippen molar-refractivity contribution in [1.29, 1.82) is 5.41 Å². The summed E-state index contributed by atoms with van der Waals surface area (Å²) in [5.74, 6) is -5.23. The summed E-state index contributed by atoms with van der Waals surface area (Å²) >= 11 is 0. The number of benzene rings is 1. The van der Waals surface area contributed by atoms with Crippen LogP contribution in [0.3, 0.4) is 0 Å². The van der Waals surface area contributed by atoms with E-state index in [0.29, 0.717) is 19.1 Å². The molecule has 0 spiro atoms. The second-order valence-corrected chi connectivity index (χ2v) is 9.22. The van der Waals surface area contributed by atoms with Gasteiger partial charge in [-0.25, -0.2) is 4.79 Å². The number of nitrogens with zero attached hydrogens (tertiary/aromatic N) is 1. The topological polar surface area (TPSA) is 282 Å². The molecule has 0 saturated carbocycles. The van der Waals surface area contributed by atoms with E-state index >= 15 is 0 Å². The first kappa shape index (κ1) is 42.1. The van der Waals surface area contributed by atoms with Crippen LogP contribution < -0.4 is 32.7 Å². The van der Waals surface area contributed by atoms with Crippen molar-refractivity contribution in [3.63, 3.8) is 0 Å². The molecule has 44 heavy (non-hydrogen) atoms. The van der Waals surface area contributed by atoms with Crippen LogP contribution in [0.1, 0.15) is 39.5 Å². The van der Waals surface area contributed by atoms with E-state index in [1.807, 2.05) is 13.8 Å². The lowest BCUT2D eigenvalue weighted by atomic mass is 9.95. The highest BCUT2D eigenvalue weighted by molar-refractivity contribution is 5.96. The number of nitro groups is 1. The molecule has 0 radical (unpaired) electrons. The first-order valence-electron chi connectivity index (χ1n) is 13.1. The van der Waals surface area contributed by atoms with Crippen LogP contribution in [0.2, 0.25) is 0 Å². The number of non-ortho nitro benzene ring substituents is 1. The Balaban J connectivity index is 0. The molecule has 4 atom stereocenters.